The standard InChI is InChI=1S/C9H18N6O.C3H8O2/c1-16-7(4-10)3-2-6-5-14-9(8(11)12)15(6)13;1-3(2,4)5/h5,7H,2-4,10,13H2,1H3,(H3,11,12);4-5H,1-2H3. The monoisotopic (exact) mass is 302 g/mol. The van der Waals surface area contributed by atoms with E-state index in [-0.39, 0.29) is 17.8 Å². The van der Waals surface area contributed by atoms with Crippen molar-refractivity contribution in [2.24, 2.45) is 11.5 Å². The lowest BCUT2D eigenvalue weighted by Crippen LogP contribution is -2.26. The molecule has 122 valence electrons. The first-order valence-electron chi connectivity index (χ1n) is 6.43. The van der Waals surface area contributed by atoms with E-state index in [1.54, 1.807) is 13.3 Å². The fraction of sp³-hybridized carbons (Fsp3) is 0.667. The first-order valence-corrected chi connectivity index (χ1v) is 6.43. The first-order chi connectivity index (χ1) is 9.60. The predicted molar refractivity (Wildman–Crippen MR) is 80.1 cm³/mol. The van der Waals surface area contributed by atoms with Gasteiger partial charge in [0.15, 0.2) is 17.4 Å². The highest BCUT2D eigenvalue weighted by Crippen LogP contribution is 2.06. The van der Waals surface area contributed by atoms with Gasteiger partial charge in [-0.15, -0.1) is 0 Å². The molecule has 0 bridgehead atoms. The third-order valence-electron chi connectivity index (χ3n) is 2.43. The van der Waals surface area contributed by atoms with Gasteiger partial charge in [-0.1, -0.05) is 0 Å². The molecule has 1 aromatic heterocycles. The third-order valence-corrected chi connectivity index (χ3v) is 2.43. The lowest BCUT2D eigenvalue weighted by molar-refractivity contribution is -0.127. The molecular weight excluding hydrogens is 276 g/mol. The number of rotatable bonds is 6. The normalized spacial score (nSPS) is 12.5. The molecule has 0 radical (unpaired) electrons. The molecule has 21 heavy (non-hydrogen) atoms. The van der Waals surface area contributed by atoms with Crippen LogP contribution in [0.3, 0.4) is 0 Å². The molecule has 0 aliphatic rings. The van der Waals surface area contributed by atoms with E-state index in [2.05, 4.69) is 4.98 Å². The third kappa shape index (κ3) is 8.25. The van der Waals surface area contributed by atoms with E-state index in [1.807, 2.05) is 0 Å². The summed E-state index contributed by atoms with van der Waals surface area (Å²) in [7, 11) is 1.62. The van der Waals surface area contributed by atoms with E-state index in [4.69, 9.17) is 37.7 Å². The van der Waals surface area contributed by atoms with Gasteiger partial charge in [-0.25, -0.2) is 9.66 Å². The molecular formula is C12H26N6O3. The van der Waals surface area contributed by atoms with Gasteiger partial charge in [0.1, 0.15) is 0 Å². The maximum atomic E-state index is 8.08. The Morgan fingerprint density at radius 3 is 2.38 bits per heavy atom. The van der Waals surface area contributed by atoms with Crippen LogP contribution in [0.4, 0.5) is 0 Å². The van der Waals surface area contributed by atoms with Crippen LogP contribution in [0.25, 0.3) is 0 Å². The Bertz CT molecular complexity index is 431. The number of aryl methyl sites for hydroxylation is 1. The number of nitrogen functional groups attached to an aromatic ring is 2. The SMILES string of the molecule is CC(C)(O)O.COC(CN)CCc1cnc(C(=N)N)n1N. The molecule has 1 atom stereocenters. The van der Waals surface area contributed by atoms with Gasteiger partial charge >= 0.3 is 0 Å². The summed E-state index contributed by atoms with van der Waals surface area (Å²) >= 11 is 0. The predicted octanol–water partition coefficient (Wildman–Crippen LogP) is -1.51. The van der Waals surface area contributed by atoms with E-state index >= 15 is 0 Å². The van der Waals surface area contributed by atoms with Crippen molar-refractivity contribution < 1.29 is 14.9 Å². The quantitative estimate of drug-likeness (QED) is 0.161. The second-order valence-electron chi connectivity index (χ2n) is 4.98. The molecule has 0 amide bonds. The molecule has 0 spiro atoms. The van der Waals surface area contributed by atoms with Gasteiger partial charge in [-0.05, 0) is 26.7 Å². The molecule has 0 saturated carbocycles. The van der Waals surface area contributed by atoms with Gasteiger partial charge in [-0.3, -0.25) is 5.41 Å². The van der Waals surface area contributed by atoms with Crippen LogP contribution in [0.2, 0.25) is 0 Å². The van der Waals surface area contributed by atoms with E-state index < -0.39 is 5.79 Å². The summed E-state index contributed by atoms with van der Waals surface area (Å²) in [5.74, 6) is 4.37. The Morgan fingerprint density at radius 1 is 1.52 bits per heavy atom. The van der Waals surface area contributed by atoms with Gasteiger partial charge in [0.25, 0.3) is 0 Å². The lowest BCUT2D eigenvalue weighted by atomic mass is 10.1. The molecule has 0 saturated heterocycles. The van der Waals surface area contributed by atoms with Crippen molar-refractivity contribution in [3.05, 3.63) is 17.7 Å². The minimum Gasteiger partial charge on any atom is -0.381 e. The van der Waals surface area contributed by atoms with Gasteiger partial charge < -0.3 is 32.3 Å². The van der Waals surface area contributed by atoms with Gasteiger partial charge in [-0.2, -0.15) is 0 Å². The Labute approximate surface area is 124 Å². The number of aliphatic hydroxyl groups is 2. The summed E-state index contributed by atoms with van der Waals surface area (Å²) in [6.45, 7) is 3.06. The Morgan fingerprint density at radius 2 is 2.05 bits per heavy atom. The topological polar surface area (TPSA) is 169 Å². The van der Waals surface area contributed by atoms with E-state index in [1.165, 1.54) is 18.5 Å². The molecule has 9 nitrogen and oxygen atoms in total. The molecule has 0 fully saturated rings. The molecule has 0 aliphatic heterocycles. The molecule has 1 heterocycles. The molecule has 1 aromatic rings. The second-order valence-corrected chi connectivity index (χ2v) is 4.98. The van der Waals surface area contributed by atoms with E-state index in [0.29, 0.717) is 13.0 Å². The van der Waals surface area contributed by atoms with Crippen LogP contribution in [0, 0.1) is 5.41 Å². The second kappa shape index (κ2) is 8.57. The molecule has 1 unspecified atom stereocenters. The van der Waals surface area contributed by atoms with Crippen LogP contribution in [-0.4, -0.2) is 51.3 Å². The average Bonchev–Trinajstić information content (AvgIpc) is 2.70. The van der Waals surface area contributed by atoms with Gasteiger partial charge in [0.05, 0.1) is 18.0 Å². The Balaban J connectivity index is 0.000000690. The number of hydrogen-bond acceptors (Lipinski definition) is 7. The lowest BCUT2D eigenvalue weighted by Gasteiger charge is -2.12. The van der Waals surface area contributed by atoms with Crippen molar-refractivity contribution in [3.63, 3.8) is 0 Å². The fourth-order valence-corrected chi connectivity index (χ4v) is 1.42. The number of imidazole rings is 1. The average molecular weight is 302 g/mol. The zero-order valence-corrected chi connectivity index (χ0v) is 12.7. The fourth-order valence-electron chi connectivity index (χ4n) is 1.42. The highest BCUT2D eigenvalue weighted by molar-refractivity contribution is 5.91. The largest absolute Gasteiger partial charge is 0.381 e. The summed E-state index contributed by atoms with van der Waals surface area (Å²) in [4.78, 5) is 3.96. The number of aromatic nitrogens is 2. The zero-order chi connectivity index (χ0) is 16.6. The maximum absolute atomic E-state index is 8.08. The van der Waals surface area contributed by atoms with Crippen molar-refractivity contribution in [3.8, 4) is 0 Å². The summed E-state index contributed by atoms with van der Waals surface area (Å²) in [5, 5.41) is 23.4. The summed E-state index contributed by atoms with van der Waals surface area (Å²) in [6, 6.07) is 0. The van der Waals surface area contributed by atoms with Crippen molar-refractivity contribution >= 4 is 5.84 Å². The summed E-state index contributed by atoms with van der Waals surface area (Å²) in [6.07, 6.45) is 3.07. The number of methoxy groups -OCH3 is 1. The summed E-state index contributed by atoms with van der Waals surface area (Å²) in [5.41, 5.74) is 11.6. The number of nitrogens with two attached hydrogens (primary N) is 3. The van der Waals surface area contributed by atoms with Crippen molar-refractivity contribution in [1.82, 2.24) is 9.66 Å². The van der Waals surface area contributed by atoms with Crippen molar-refractivity contribution in [2.45, 2.75) is 38.6 Å². The van der Waals surface area contributed by atoms with Crippen molar-refractivity contribution in [1.29, 1.82) is 5.41 Å². The van der Waals surface area contributed by atoms with Crippen LogP contribution >= 0.6 is 0 Å². The van der Waals surface area contributed by atoms with Crippen LogP contribution < -0.4 is 17.3 Å². The van der Waals surface area contributed by atoms with Crippen LogP contribution in [-0.2, 0) is 11.2 Å². The number of ether oxygens (including phenoxy) is 1. The van der Waals surface area contributed by atoms with Gasteiger partial charge in [0, 0.05) is 13.7 Å². The first kappa shape index (κ1) is 19.3. The Hall–Kier alpha value is -1.68. The number of hydrogen-bond donors (Lipinski definition) is 6. The van der Waals surface area contributed by atoms with Gasteiger partial charge in [0.2, 0.25) is 0 Å². The number of amidine groups is 1. The Kier molecular flexibility index (Phi) is 7.89. The highest BCUT2D eigenvalue weighted by atomic mass is 16.5. The van der Waals surface area contributed by atoms with E-state index in [0.717, 1.165) is 12.1 Å². The minimum absolute atomic E-state index is 0.00989. The highest BCUT2D eigenvalue weighted by Gasteiger charge is 2.11. The molecule has 0 aliphatic carbocycles. The van der Waals surface area contributed by atoms with Crippen LogP contribution in [0.15, 0.2) is 6.20 Å². The number of nitrogens with zero attached hydrogens (tertiary/aromatic N) is 2. The van der Waals surface area contributed by atoms with Crippen molar-refractivity contribution in [2.75, 3.05) is 19.5 Å². The summed E-state index contributed by atoms with van der Waals surface area (Å²) < 4.78 is 6.48. The minimum atomic E-state index is -1.50. The number of nitrogens with one attached hydrogen (secondary N) is 1. The van der Waals surface area contributed by atoms with Crippen LogP contribution in [0.1, 0.15) is 31.8 Å². The smallest absolute Gasteiger partial charge is 0.193 e. The zero-order valence-electron chi connectivity index (χ0n) is 12.7. The maximum Gasteiger partial charge on any atom is 0.193 e. The van der Waals surface area contributed by atoms with E-state index in [9.17, 15) is 0 Å². The molecule has 9 N–H and O–H groups in total. The molecule has 0 aromatic carbocycles. The molecule has 1 rings (SSSR count). The van der Waals surface area contributed by atoms with Crippen LogP contribution in [0.5, 0.6) is 0 Å². The molecule has 9 heteroatoms.